The molecular weight excluding hydrogens is 442 g/mol. The van der Waals surface area contributed by atoms with E-state index < -0.39 is 0 Å². The van der Waals surface area contributed by atoms with Gasteiger partial charge in [-0.15, -0.1) is 0 Å². The third-order valence-corrected chi connectivity index (χ3v) is 7.34. The summed E-state index contributed by atoms with van der Waals surface area (Å²) < 4.78 is 5.45. The van der Waals surface area contributed by atoms with Crippen LogP contribution in [0.3, 0.4) is 0 Å². The van der Waals surface area contributed by atoms with Gasteiger partial charge in [0.2, 0.25) is 0 Å². The molecule has 1 atom stereocenters. The average Bonchev–Trinajstić information content (AvgIpc) is 3.26. The number of benzene rings is 1. The van der Waals surface area contributed by atoms with Crippen LogP contribution < -0.4 is 4.74 Å². The number of carbonyl (C=O) groups is 1. The molecule has 2 aliphatic heterocycles. The number of hydrogen-bond acceptors (Lipinski definition) is 6. The fourth-order valence-electron chi connectivity index (χ4n) is 5.76. The maximum absolute atomic E-state index is 13.1. The highest BCUT2D eigenvalue weighted by Gasteiger charge is 2.54. The normalized spacial score (nSPS) is 18.9. The summed E-state index contributed by atoms with van der Waals surface area (Å²) in [4.78, 5) is 29.2. The molecule has 1 amide bonds. The summed E-state index contributed by atoms with van der Waals surface area (Å²) >= 11 is 0. The van der Waals surface area contributed by atoms with Crippen LogP contribution >= 0.6 is 0 Å². The standard InChI is InChI=1S/C27H27N5O3/c1-35-20-4-5-21-22(11-20)30-25-23(14-33)31(13-18-6-9-28-10-7-18)15-27(24(21)25)16-32(17-27)26(34)19-3-2-8-29-12-19/h2-12,23,30,33H,13-17H2,1H3/t23-/m1/s1. The predicted octanol–water partition coefficient (Wildman–Crippen LogP) is 2.91. The number of aromatic amines is 1. The SMILES string of the molecule is COc1ccc2c3c([nH]c2c1)[C@@H](CO)N(Cc1ccncc1)CC31CN(C(=O)c2cccnc2)C1. The molecule has 8 heteroatoms. The number of pyridine rings is 2. The van der Waals surface area contributed by atoms with Gasteiger partial charge in [0.05, 0.1) is 25.3 Å². The quantitative estimate of drug-likeness (QED) is 0.467. The lowest BCUT2D eigenvalue weighted by Gasteiger charge is -2.56. The molecule has 35 heavy (non-hydrogen) atoms. The Bertz CT molecular complexity index is 1370. The van der Waals surface area contributed by atoms with Crippen LogP contribution in [0, 0.1) is 0 Å². The van der Waals surface area contributed by atoms with Crippen molar-refractivity contribution in [1.82, 2.24) is 24.8 Å². The summed E-state index contributed by atoms with van der Waals surface area (Å²) in [7, 11) is 1.66. The van der Waals surface area contributed by atoms with Crippen LogP contribution in [0.1, 0.15) is 33.2 Å². The maximum Gasteiger partial charge on any atom is 0.255 e. The minimum absolute atomic E-state index is 0.00301. The second-order valence-electron chi connectivity index (χ2n) is 9.47. The molecule has 8 nitrogen and oxygen atoms in total. The van der Waals surface area contributed by atoms with E-state index in [0.29, 0.717) is 25.2 Å². The number of aliphatic hydroxyl groups excluding tert-OH is 1. The Labute approximate surface area is 203 Å². The monoisotopic (exact) mass is 469 g/mol. The van der Waals surface area contributed by atoms with Gasteiger partial charge in [0.25, 0.3) is 5.91 Å². The Morgan fingerprint density at radius 1 is 1.14 bits per heavy atom. The first-order chi connectivity index (χ1) is 17.1. The number of ether oxygens (including phenoxy) is 1. The molecule has 3 aromatic heterocycles. The van der Waals surface area contributed by atoms with Gasteiger partial charge in [0.15, 0.2) is 0 Å². The first-order valence-corrected chi connectivity index (χ1v) is 11.7. The van der Waals surface area contributed by atoms with Crippen LogP contribution in [0.15, 0.2) is 67.3 Å². The van der Waals surface area contributed by atoms with E-state index in [4.69, 9.17) is 4.74 Å². The number of methoxy groups -OCH3 is 1. The van der Waals surface area contributed by atoms with Gasteiger partial charge >= 0.3 is 0 Å². The zero-order chi connectivity index (χ0) is 24.0. The van der Waals surface area contributed by atoms with Gasteiger partial charge in [-0.25, -0.2) is 0 Å². The van der Waals surface area contributed by atoms with E-state index in [2.05, 4.69) is 25.9 Å². The molecule has 2 N–H and O–H groups in total. The van der Waals surface area contributed by atoms with E-state index in [9.17, 15) is 9.90 Å². The fraction of sp³-hybridized carbons (Fsp3) is 0.296. The van der Waals surface area contributed by atoms with Crippen molar-refractivity contribution in [2.45, 2.75) is 18.0 Å². The summed E-state index contributed by atoms with van der Waals surface area (Å²) in [5.41, 5.74) is 4.70. The third-order valence-electron chi connectivity index (χ3n) is 7.34. The summed E-state index contributed by atoms with van der Waals surface area (Å²) in [5.74, 6) is 0.776. The van der Waals surface area contributed by atoms with E-state index >= 15 is 0 Å². The van der Waals surface area contributed by atoms with Crippen molar-refractivity contribution >= 4 is 16.8 Å². The van der Waals surface area contributed by atoms with E-state index in [1.54, 1.807) is 38.0 Å². The second-order valence-corrected chi connectivity index (χ2v) is 9.47. The van der Waals surface area contributed by atoms with E-state index in [-0.39, 0.29) is 24.0 Å². The molecule has 1 saturated heterocycles. The highest BCUT2D eigenvalue weighted by atomic mass is 16.5. The minimum atomic E-state index is -0.237. The lowest BCUT2D eigenvalue weighted by molar-refractivity contribution is -0.00278. The van der Waals surface area contributed by atoms with Gasteiger partial charge in [-0.05, 0) is 47.5 Å². The summed E-state index contributed by atoms with van der Waals surface area (Å²) in [6, 6.07) is 13.5. The highest BCUT2D eigenvalue weighted by molar-refractivity contribution is 5.95. The van der Waals surface area contributed by atoms with Crippen LogP contribution in [0.5, 0.6) is 5.75 Å². The number of aliphatic hydroxyl groups is 1. The number of fused-ring (bicyclic) bond motifs is 4. The molecule has 1 fully saturated rings. The number of nitrogens with one attached hydrogen (secondary N) is 1. The van der Waals surface area contributed by atoms with Crippen LogP contribution in [-0.4, -0.2) is 69.1 Å². The van der Waals surface area contributed by atoms with Crippen molar-refractivity contribution in [3.05, 3.63) is 89.6 Å². The highest BCUT2D eigenvalue weighted by Crippen LogP contribution is 2.49. The summed E-state index contributed by atoms with van der Waals surface area (Å²) in [5, 5.41) is 11.6. The third kappa shape index (κ3) is 3.57. The molecule has 0 saturated carbocycles. The summed E-state index contributed by atoms with van der Waals surface area (Å²) in [6.45, 7) is 2.64. The van der Waals surface area contributed by atoms with Crippen LogP contribution in [0.4, 0.5) is 0 Å². The van der Waals surface area contributed by atoms with Crippen molar-refractivity contribution in [2.24, 2.45) is 0 Å². The molecule has 5 heterocycles. The minimum Gasteiger partial charge on any atom is -0.497 e. The van der Waals surface area contributed by atoms with E-state index in [1.165, 1.54) is 5.56 Å². The molecule has 0 radical (unpaired) electrons. The predicted molar refractivity (Wildman–Crippen MR) is 131 cm³/mol. The molecule has 1 aromatic carbocycles. The van der Waals surface area contributed by atoms with Gasteiger partial charge in [-0.3, -0.25) is 19.7 Å². The number of likely N-dealkylation sites (tertiary alicyclic amines) is 1. The molecule has 6 rings (SSSR count). The van der Waals surface area contributed by atoms with Crippen molar-refractivity contribution in [2.75, 3.05) is 33.4 Å². The topological polar surface area (TPSA) is 94.6 Å². The van der Waals surface area contributed by atoms with E-state index in [1.807, 2.05) is 35.2 Å². The molecule has 0 aliphatic carbocycles. The van der Waals surface area contributed by atoms with Crippen LogP contribution in [0.25, 0.3) is 10.9 Å². The van der Waals surface area contributed by atoms with Crippen LogP contribution in [0.2, 0.25) is 0 Å². The van der Waals surface area contributed by atoms with Crippen molar-refractivity contribution in [1.29, 1.82) is 0 Å². The molecule has 178 valence electrons. The average molecular weight is 470 g/mol. The fourth-order valence-corrected chi connectivity index (χ4v) is 5.76. The maximum atomic E-state index is 13.1. The number of rotatable bonds is 5. The van der Waals surface area contributed by atoms with Crippen molar-refractivity contribution < 1.29 is 14.6 Å². The van der Waals surface area contributed by atoms with Crippen LogP contribution in [-0.2, 0) is 12.0 Å². The number of hydrogen-bond donors (Lipinski definition) is 2. The zero-order valence-corrected chi connectivity index (χ0v) is 19.5. The lowest BCUT2D eigenvalue weighted by Crippen LogP contribution is -2.67. The van der Waals surface area contributed by atoms with Gasteiger partial charge in [-0.2, -0.15) is 0 Å². The number of aromatic nitrogens is 3. The van der Waals surface area contributed by atoms with Gasteiger partial charge in [0, 0.05) is 79.0 Å². The molecule has 1 spiro atoms. The Kier molecular flexibility index (Phi) is 5.27. The van der Waals surface area contributed by atoms with E-state index in [0.717, 1.165) is 34.5 Å². The Hall–Kier alpha value is -3.75. The summed E-state index contributed by atoms with van der Waals surface area (Å²) in [6.07, 6.45) is 6.88. The largest absolute Gasteiger partial charge is 0.497 e. The molecule has 0 bridgehead atoms. The first-order valence-electron chi connectivity index (χ1n) is 11.7. The number of H-pyrrole nitrogens is 1. The zero-order valence-electron chi connectivity index (χ0n) is 19.5. The number of amides is 1. The van der Waals surface area contributed by atoms with Crippen molar-refractivity contribution in [3.8, 4) is 5.75 Å². The van der Waals surface area contributed by atoms with Gasteiger partial charge in [-0.1, -0.05) is 0 Å². The number of nitrogens with zero attached hydrogens (tertiary/aromatic N) is 4. The smallest absolute Gasteiger partial charge is 0.255 e. The Balaban J connectivity index is 1.41. The molecule has 4 aromatic rings. The first kappa shape index (κ1) is 21.8. The van der Waals surface area contributed by atoms with Gasteiger partial charge < -0.3 is 19.7 Å². The molecular formula is C27H27N5O3. The lowest BCUT2D eigenvalue weighted by atomic mass is 9.68. The Morgan fingerprint density at radius 3 is 2.69 bits per heavy atom. The van der Waals surface area contributed by atoms with Crippen molar-refractivity contribution in [3.63, 3.8) is 0 Å². The Morgan fingerprint density at radius 2 is 1.97 bits per heavy atom. The number of carbonyl (C=O) groups excluding carboxylic acids is 1. The second kappa shape index (κ2) is 8.48. The molecule has 2 aliphatic rings. The van der Waals surface area contributed by atoms with Gasteiger partial charge in [0.1, 0.15) is 5.75 Å². The molecule has 0 unspecified atom stereocenters.